The zero-order chi connectivity index (χ0) is 17.2. The van der Waals surface area contributed by atoms with E-state index in [0.29, 0.717) is 5.69 Å². The monoisotopic (exact) mass is 347 g/mol. The largest absolute Gasteiger partial charge is 0.493 e. The number of halogens is 2. The SMILES string of the molecule is COc1cc(NS(=O)(=O)c2cnn(C)c2C)ccc1OC(F)F. The fourth-order valence-electron chi connectivity index (χ4n) is 1.88. The smallest absolute Gasteiger partial charge is 0.387 e. The number of sulfonamides is 1. The highest BCUT2D eigenvalue weighted by atomic mass is 32.2. The topological polar surface area (TPSA) is 82.5 Å². The number of ether oxygens (including phenoxy) is 2. The van der Waals surface area contributed by atoms with Crippen LogP contribution in [0.5, 0.6) is 11.5 Å². The third-order valence-electron chi connectivity index (χ3n) is 3.11. The lowest BCUT2D eigenvalue weighted by molar-refractivity contribution is -0.0512. The Labute approximate surface area is 131 Å². The minimum atomic E-state index is -3.86. The molecule has 0 atom stereocenters. The highest BCUT2D eigenvalue weighted by Crippen LogP contribution is 2.32. The molecule has 1 N–H and O–H groups in total. The van der Waals surface area contributed by atoms with E-state index in [-0.39, 0.29) is 22.1 Å². The van der Waals surface area contributed by atoms with Crippen LogP contribution in [0.25, 0.3) is 0 Å². The van der Waals surface area contributed by atoms with Gasteiger partial charge in [-0.2, -0.15) is 13.9 Å². The molecular formula is C13H15F2N3O4S. The third-order valence-corrected chi connectivity index (χ3v) is 4.60. The molecule has 0 radical (unpaired) electrons. The Bertz CT molecular complexity index is 806. The molecule has 1 heterocycles. The minimum Gasteiger partial charge on any atom is -0.493 e. The molecule has 10 heteroatoms. The summed E-state index contributed by atoms with van der Waals surface area (Å²) in [6.07, 6.45) is 1.23. The Morgan fingerprint density at radius 3 is 2.52 bits per heavy atom. The van der Waals surface area contributed by atoms with E-state index in [9.17, 15) is 17.2 Å². The number of aromatic nitrogens is 2. The molecule has 0 aliphatic heterocycles. The first kappa shape index (κ1) is 17.0. The third kappa shape index (κ3) is 3.70. The molecule has 0 spiro atoms. The van der Waals surface area contributed by atoms with Crippen LogP contribution in [0, 0.1) is 6.92 Å². The Morgan fingerprint density at radius 2 is 2.00 bits per heavy atom. The van der Waals surface area contributed by atoms with E-state index in [0.717, 1.165) is 0 Å². The molecular weight excluding hydrogens is 332 g/mol. The second-order valence-corrected chi connectivity index (χ2v) is 6.22. The lowest BCUT2D eigenvalue weighted by atomic mass is 10.3. The fraction of sp³-hybridized carbons (Fsp3) is 0.308. The molecule has 126 valence electrons. The quantitative estimate of drug-likeness (QED) is 0.866. The van der Waals surface area contributed by atoms with Gasteiger partial charge < -0.3 is 9.47 Å². The average molecular weight is 347 g/mol. The maximum Gasteiger partial charge on any atom is 0.387 e. The second kappa shape index (κ2) is 6.41. The number of anilines is 1. The molecule has 0 amide bonds. The summed E-state index contributed by atoms with van der Waals surface area (Å²) in [4.78, 5) is 0.0203. The number of aryl methyl sites for hydroxylation is 1. The van der Waals surface area contributed by atoms with Crippen LogP contribution >= 0.6 is 0 Å². The van der Waals surface area contributed by atoms with E-state index >= 15 is 0 Å². The van der Waals surface area contributed by atoms with Gasteiger partial charge in [-0.15, -0.1) is 0 Å². The molecule has 7 nitrogen and oxygen atoms in total. The number of rotatable bonds is 6. The highest BCUT2D eigenvalue weighted by Gasteiger charge is 2.21. The summed E-state index contributed by atoms with van der Waals surface area (Å²) in [6, 6.07) is 3.74. The van der Waals surface area contributed by atoms with Crippen LogP contribution in [0.15, 0.2) is 29.3 Å². The molecule has 2 aromatic rings. The van der Waals surface area contributed by atoms with Crippen molar-refractivity contribution in [2.45, 2.75) is 18.4 Å². The molecule has 2 rings (SSSR count). The van der Waals surface area contributed by atoms with E-state index in [1.165, 1.54) is 36.2 Å². The minimum absolute atomic E-state index is 0.0200. The number of methoxy groups -OCH3 is 1. The average Bonchev–Trinajstić information content (AvgIpc) is 2.80. The van der Waals surface area contributed by atoms with Crippen LogP contribution < -0.4 is 14.2 Å². The maximum absolute atomic E-state index is 12.3. The van der Waals surface area contributed by atoms with Gasteiger partial charge in [0.1, 0.15) is 4.90 Å². The Hall–Kier alpha value is -2.36. The van der Waals surface area contributed by atoms with E-state index in [2.05, 4.69) is 14.6 Å². The van der Waals surface area contributed by atoms with Crippen LogP contribution in [-0.4, -0.2) is 31.9 Å². The van der Waals surface area contributed by atoms with E-state index in [1.54, 1.807) is 14.0 Å². The molecule has 0 saturated carbocycles. The van der Waals surface area contributed by atoms with Crippen molar-refractivity contribution in [1.29, 1.82) is 0 Å². The van der Waals surface area contributed by atoms with E-state index < -0.39 is 16.6 Å². The van der Waals surface area contributed by atoms with Gasteiger partial charge in [0.25, 0.3) is 10.0 Å². The van der Waals surface area contributed by atoms with Crippen LogP contribution in [0.1, 0.15) is 5.69 Å². The lowest BCUT2D eigenvalue weighted by Gasteiger charge is -2.12. The van der Waals surface area contributed by atoms with Crippen molar-refractivity contribution in [3.8, 4) is 11.5 Å². The molecule has 0 fully saturated rings. The van der Waals surface area contributed by atoms with Crippen LogP contribution in [-0.2, 0) is 17.1 Å². The van der Waals surface area contributed by atoms with Gasteiger partial charge in [-0.05, 0) is 19.1 Å². The summed E-state index contributed by atoms with van der Waals surface area (Å²) in [7, 11) is -0.982. The Balaban J connectivity index is 2.31. The predicted octanol–water partition coefficient (Wildman–Crippen LogP) is 2.14. The van der Waals surface area contributed by atoms with Crippen LogP contribution in [0.3, 0.4) is 0 Å². The van der Waals surface area contributed by atoms with Crippen molar-refractivity contribution < 1.29 is 26.7 Å². The number of benzene rings is 1. The van der Waals surface area contributed by atoms with Gasteiger partial charge in [-0.25, -0.2) is 8.42 Å². The number of hydrogen-bond acceptors (Lipinski definition) is 5. The first-order chi connectivity index (χ1) is 10.7. The predicted molar refractivity (Wildman–Crippen MR) is 78.4 cm³/mol. The van der Waals surface area contributed by atoms with Gasteiger partial charge >= 0.3 is 6.61 Å². The summed E-state index contributed by atoms with van der Waals surface area (Å²) in [5.74, 6) is -0.212. The summed E-state index contributed by atoms with van der Waals surface area (Å²) in [5, 5.41) is 3.87. The molecule has 0 aliphatic carbocycles. The maximum atomic E-state index is 12.3. The van der Waals surface area contributed by atoms with Gasteiger partial charge in [0.05, 0.1) is 24.7 Å². The Morgan fingerprint density at radius 1 is 1.30 bits per heavy atom. The first-order valence-corrected chi connectivity index (χ1v) is 7.87. The van der Waals surface area contributed by atoms with Gasteiger partial charge in [0.2, 0.25) is 0 Å². The fourth-order valence-corrected chi connectivity index (χ4v) is 3.13. The van der Waals surface area contributed by atoms with Crippen molar-refractivity contribution in [2.75, 3.05) is 11.8 Å². The molecule has 0 saturated heterocycles. The molecule has 0 unspecified atom stereocenters. The van der Waals surface area contributed by atoms with E-state index in [4.69, 9.17) is 4.74 Å². The molecule has 0 bridgehead atoms. The summed E-state index contributed by atoms with van der Waals surface area (Å²) >= 11 is 0. The summed E-state index contributed by atoms with van der Waals surface area (Å²) < 4.78 is 62.2. The Kier molecular flexibility index (Phi) is 4.73. The summed E-state index contributed by atoms with van der Waals surface area (Å²) in [5.41, 5.74) is 0.605. The summed E-state index contributed by atoms with van der Waals surface area (Å²) in [6.45, 7) is -1.40. The molecule has 0 aliphatic rings. The zero-order valence-corrected chi connectivity index (χ0v) is 13.4. The van der Waals surface area contributed by atoms with Crippen molar-refractivity contribution >= 4 is 15.7 Å². The number of alkyl halides is 2. The van der Waals surface area contributed by atoms with Gasteiger partial charge in [0, 0.05) is 13.1 Å². The zero-order valence-electron chi connectivity index (χ0n) is 12.6. The number of nitrogens with one attached hydrogen (secondary N) is 1. The van der Waals surface area contributed by atoms with Crippen molar-refractivity contribution in [3.05, 3.63) is 30.1 Å². The van der Waals surface area contributed by atoms with Crippen molar-refractivity contribution in [3.63, 3.8) is 0 Å². The molecule has 1 aromatic heterocycles. The van der Waals surface area contributed by atoms with Crippen LogP contribution in [0.4, 0.5) is 14.5 Å². The van der Waals surface area contributed by atoms with Crippen molar-refractivity contribution in [1.82, 2.24) is 9.78 Å². The molecule has 1 aromatic carbocycles. The second-order valence-electron chi connectivity index (χ2n) is 4.57. The molecule has 23 heavy (non-hydrogen) atoms. The highest BCUT2D eigenvalue weighted by molar-refractivity contribution is 7.92. The van der Waals surface area contributed by atoms with Gasteiger partial charge in [-0.1, -0.05) is 0 Å². The van der Waals surface area contributed by atoms with Crippen molar-refractivity contribution in [2.24, 2.45) is 7.05 Å². The van der Waals surface area contributed by atoms with E-state index in [1.807, 2.05) is 0 Å². The lowest BCUT2D eigenvalue weighted by Crippen LogP contribution is -2.14. The van der Waals surface area contributed by atoms with Crippen LogP contribution in [0.2, 0.25) is 0 Å². The first-order valence-electron chi connectivity index (χ1n) is 6.39. The normalized spacial score (nSPS) is 11.6. The number of hydrogen-bond donors (Lipinski definition) is 1. The van der Waals surface area contributed by atoms with Gasteiger partial charge in [-0.3, -0.25) is 9.40 Å². The van der Waals surface area contributed by atoms with Gasteiger partial charge in [0.15, 0.2) is 11.5 Å². The number of nitrogens with zero attached hydrogens (tertiary/aromatic N) is 2. The standard InChI is InChI=1S/C13H15F2N3O4S/c1-8-12(7-16-18(8)2)23(19,20)17-9-4-5-10(22-13(14)15)11(6-9)21-3/h4-7,13,17H,1-3H3.